The number of hydrogen-bond acceptors (Lipinski definition) is 4. The second-order valence-electron chi connectivity index (χ2n) is 6.45. The number of piperazine rings is 1. The highest BCUT2D eigenvalue weighted by molar-refractivity contribution is 5.90. The molecule has 2 amide bonds. The molecule has 1 atom stereocenters. The van der Waals surface area contributed by atoms with E-state index < -0.39 is 0 Å². The molecule has 0 saturated carbocycles. The molecule has 24 heavy (non-hydrogen) atoms. The maximum absolute atomic E-state index is 12.1. The maximum atomic E-state index is 12.1. The van der Waals surface area contributed by atoms with Crippen LogP contribution in [0.5, 0.6) is 0 Å². The quantitative estimate of drug-likeness (QED) is 0.838. The largest absolute Gasteiger partial charge is 0.383 e. The third kappa shape index (κ3) is 5.11. The number of methoxy groups -OCH3 is 1. The van der Waals surface area contributed by atoms with E-state index in [1.54, 1.807) is 7.11 Å². The Morgan fingerprint density at radius 1 is 1.29 bits per heavy atom. The topological polar surface area (TPSA) is 56.8 Å². The van der Waals surface area contributed by atoms with Gasteiger partial charge in [0.05, 0.1) is 12.6 Å². The molecule has 0 aliphatic carbocycles. The molecule has 1 aromatic carbocycles. The lowest BCUT2D eigenvalue weighted by molar-refractivity contribution is 0.165. The maximum Gasteiger partial charge on any atom is 0.319 e. The molecule has 0 spiro atoms. The first kappa shape index (κ1) is 18.5. The molecule has 1 aliphatic rings. The summed E-state index contributed by atoms with van der Waals surface area (Å²) in [4.78, 5) is 16.9. The van der Waals surface area contributed by atoms with E-state index in [-0.39, 0.29) is 12.1 Å². The van der Waals surface area contributed by atoms with Crippen LogP contribution in [0.1, 0.15) is 18.9 Å². The van der Waals surface area contributed by atoms with Gasteiger partial charge in [-0.25, -0.2) is 4.79 Å². The summed E-state index contributed by atoms with van der Waals surface area (Å²) in [5, 5.41) is 5.87. The number of carbonyl (C=O) groups is 1. The van der Waals surface area contributed by atoms with Crippen LogP contribution >= 0.6 is 0 Å². The van der Waals surface area contributed by atoms with E-state index in [0.717, 1.165) is 43.9 Å². The van der Waals surface area contributed by atoms with Gasteiger partial charge in [0.1, 0.15) is 0 Å². The lowest BCUT2D eigenvalue weighted by atomic mass is 10.1. The number of benzene rings is 1. The number of anilines is 2. The Balaban J connectivity index is 1.95. The van der Waals surface area contributed by atoms with Crippen molar-refractivity contribution in [3.05, 3.63) is 23.8 Å². The minimum Gasteiger partial charge on any atom is -0.383 e. The van der Waals surface area contributed by atoms with Gasteiger partial charge in [0, 0.05) is 44.7 Å². The van der Waals surface area contributed by atoms with Crippen molar-refractivity contribution in [2.75, 3.05) is 57.2 Å². The van der Waals surface area contributed by atoms with E-state index in [1.807, 2.05) is 19.9 Å². The summed E-state index contributed by atoms with van der Waals surface area (Å²) in [7, 11) is 3.80. The Hall–Kier alpha value is -1.79. The summed E-state index contributed by atoms with van der Waals surface area (Å²) >= 11 is 0. The summed E-state index contributed by atoms with van der Waals surface area (Å²) in [6.07, 6.45) is 0.836. The zero-order valence-corrected chi connectivity index (χ0v) is 15.3. The van der Waals surface area contributed by atoms with E-state index >= 15 is 0 Å². The van der Waals surface area contributed by atoms with E-state index in [4.69, 9.17) is 4.74 Å². The second kappa shape index (κ2) is 8.89. The SMILES string of the molecule is CC[C@H](COC)NC(=O)Nc1ccc(N2CCN(C)CC2)cc1C. The Morgan fingerprint density at radius 3 is 2.58 bits per heavy atom. The van der Waals surface area contributed by atoms with E-state index in [0.29, 0.717) is 6.61 Å². The normalized spacial score (nSPS) is 16.8. The van der Waals surface area contributed by atoms with Crippen molar-refractivity contribution in [3.63, 3.8) is 0 Å². The molecule has 1 fully saturated rings. The van der Waals surface area contributed by atoms with Crippen molar-refractivity contribution in [2.45, 2.75) is 26.3 Å². The molecule has 1 aromatic rings. The van der Waals surface area contributed by atoms with Crippen LogP contribution in [0.15, 0.2) is 18.2 Å². The van der Waals surface area contributed by atoms with Gasteiger partial charge in [-0.2, -0.15) is 0 Å². The first-order valence-corrected chi connectivity index (χ1v) is 8.64. The molecule has 0 bridgehead atoms. The summed E-state index contributed by atoms with van der Waals surface area (Å²) in [6.45, 7) is 8.82. The van der Waals surface area contributed by atoms with Crippen LogP contribution in [0.3, 0.4) is 0 Å². The fourth-order valence-corrected chi connectivity index (χ4v) is 2.86. The van der Waals surface area contributed by atoms with Crippen LogP contribution < -0.4 is 15.5 Å². The number of rotatable bonds is 6. The van der Waals surface area contributed by atoms with Crippen molar-refractivity contribution in [2.24, 2.45) is 0 Å². The van der Waals surface area contributed by atoms with Gasteiger partial charge in [-0.1, -0.05) is 6.92 Å². The molecular weight excluding hydrogens is 304 g/mol. The Labute approximate surface area is 145 Å². The van der Waals surface area contributed by atoms with Crippen molar-refractivity contribution in [3.8, 4) is 0 Å². The molecule has 2 rings (SSSR count). The van der Waals surface area contributed by atoms with Gasteiger partial charge in [-0.05, 0) is 44.2 Å². The lowest BCUT2D eigenvalue weighted by Crippen LogP contribution is -2.44. The molecule has 2 N–H and O–H groups in total. The highest BCUT2D eigenvalue weighted by Gasteiger charge is 2.16. The number of aryl methyl sites for hydroxylation is 1. The summed E-state index contributed by atoms with van der Waals surface area (Å²) in [5.41, 5.74) is 3.14. The smallest absolute Gasteiger partial charge is 0.319 e. The standard InChI is InChI=1S/C18H30N4O2/c1-5-15(13-24-4)19-18(23)20-17-7-6-16(12-14(17)2)22-10-8-21(3)9-11-22/h6-7,12,15H,5,8-11,13H2,1-4H3,(H2,19,20,23)/t15-/m1/s1. The first-order valence-electron chi connectivity index (χ1n) is 8.64. The minimum atomic E-state index is -0.186. The number of ether oxygens (including phenoxy) is 1. The van der Waals surface area contributed by atoms with Crippen molar-refractivity contribution in [1.82, 2.24) is 10.2 Å². The molecule has 0 aromatic heterocycles. The number of nitrogens with one attached hydrogen (secondary N) is 2. The van der Waals surface area contributed by atoms with Crippen LogP contribution in [0.2, 0.25) is 0 Å². The van der Waals surface area contributed by atoms with Crippen LogP contribution in [-0.2, 0) is 4.74 Å². The fourth-order valence-electron chi connectivity index (χ4n) is 2.86. The van der Waals surface area contributed by atoms with Crippen molar-refractivity contribution in [1.29, 1.82) is 0 Å². The molecular formula is C18H30N4O2. The molecule has 1 saturated heterocycles. The zero-order valence-electron chi connectivity index (χ0n) is 15.3. The van der Waals surface area contributed by atoms with E-state index in [2.05, 4.69) is 39.6 Å². The predicted octanol–water partition coefficient (Wildman–Crippen LogP) is 2.29. The number of amides is 2. The van der Waals surface area contributed by atoms with Crippen LogP contribution in [0.25, 0.3) is 0 Å². The molecule has 6 heteroatoms. The number of urea groups is 1. The molecule has 1 aliphatic heterocycles. The van der Waals surface area contributed by atoms with Crippen LogP contribution in [-0.4, -0.2) is 63.9 Å². The van der Waals surface area contributed by atoms with Crippen molar-refractivity contribution < 1.29 is 9.53 Å². The zero-order chi connectivity index (χ0) is 17.5. The van der Waals surface area contributed by atoms with Crippen molar-refractivity contribution >= 4 is 17.4 Å². The molecule has 1 heterocycles. The summed E-state index contributed by atoms with van der Waals surface area (Å²) in [6, 6.07) is 6.06. The average Bonchev–Trinajstić information content (AvgIpc) is 2.57. The monoisotopic (exact) mass is 334 g/mol. The van der Waals surface area contributed by atoms with E-state index in [9.17, 15) is 4.79 Å². The Morgan fingerprint density at radius 2 is 2.00 bits per heavy atom. The Kier molecular flexibility index (Phi) is 6.87. The van der Waals surface area contributed by atoms with Gasteiger partial charge >= 0.3 is 6.03 Å². The lowest BCUT2D eigenvalue weighted by Gasteiger charge is -2.34. The summed E-state index contributed by atoms with van der Waals surface area (Å²) < 4.78 is 5.11. The molecule has 0 unspecified atom stereocenters. The number of nitrogens with zero attached hydrogens (tertiary/aromatic N) is 2. The van der Waals surface area contributed by atoms with Gasteiger partial charge in [-0.15, -0.1) is 0 Å². The number of carbonyl (C=O) groups excluding carboxylic acids is 1. The van der Waals surface area contributed by atoms with Crippen LogP contribution in [0.4, 0.5) is 16.2 Å². The van der Waals surface area contributed by atoms with Crippen LogP contribution in [0, 0.1) is 6.92 Å². The van der Waals surface area contributed by atoms with Gasteiger partial charge in [0.2, 0.25) is 0 Å². The van der Waals surface area contributed by atoms with Gasteiger partial charge in [0.15, 0.2) is 0 Å². The third-order valence-corrected chi connectivity index (χ3v) is 4.52. The fraction of sp³-hybridized carbons (Fsp3) is 0.611. The number of hydrogen-bond donors (Lipinski definition) is 2. The highest BCUT2D eigenvalue weighted by Crippen LogP contribution is 2.23. The van der Waals surface area contributed by atoms with Gasteiger partial charge in [-0.3, -0.25) is 0 Å². The number of likely N-dealkylation sites (N-methyl/N-ethyl adjacent to an activating group) is 1. The highest BCUT2D eigenvalue weighted by atomic mass is 16.5. The van der Waals surface area contributed by atoms with Gasteiger partial charge < -0.3 is 25.2 Å². The van der Waals surface area contributed by atoms with E-state index in [1.165, 1.54) is 5.69 Å². The van der Waals surface area contributed by atoms with Gasteiger partial charge in [0.25, 0.3) is 0 Å². The molecule has 0 radical (unpaired) electrons. The first-order chi connectivity index (χ1) is 11.5. The minimum absolute atomic E-state index is 0.0277. The summed E-state index contributed by atoms with van der Waals surface area (Å²) in [5.74, 6) is 0. The Bertz CT molecular complexity index is 542. The predicted molar refractivity (Wildman–Crippen MR) is 99.0 cm³/mol. The third-order valence-electron chi connectivity index (χ3n) is 4.52. The average molecular weight is 334 g/mol. The molecule has 134 valence electrons. The second-order valence-corrected chi connectivity index (χ2v) is 6.45. The molecule has 6 nitrogen and oxygen atoms in total.